The molecule has 0 saturated heterocycles. The molecule has 4 heteroatoms. The van der Waals surface area contributed by atoms with E-state index >= 15 is 0 Å². The fourth-order valence-corrected chi connectivity index (χ4v) is 3.04. The van der Waals surface area contributed by atoms with Crippen LogP contribution in [0, 0.1) is 0 Å². The van der Waals surface area contributed by atoms with Crippen molar-refractivity contribution < 1.29 is 4.79 Å². The quantitative estimate of drug-likeness (QED) is 0.488. The Morgan fingerprint density at radius 1 is 0.880 bits per heavy atom. The van der Waals surface area contributed by atoms with Crippen LogP contribution in [0.2, 0.25) is 5.02 Å². The number of aromatic amines is 1. The average molecular weight is 347 g/mol. The van der Waals surface area contributed by atoms with Crippen LogP contribution in [0.3, 0.4) is 0 Å². The highest BCUT2D eigenvalue weighted by Gasteiger charge is 2.11. The molecular weight excluding hydrogens is 332 g/mol. The zero-order valence-corrected chi connectivity index (χ0v) is 14.0. The minimum Gasteiger partial charge on any atom is -0.354 e. The number of H-pyrrole nitrogens is 1. The zero-order chi connectivity index (χ0) is 17.2. The van der Waals surface area contributed by atoms with Gasteiger partial charge in [0.15, 0.2) is 0 Å². The lowest BCUT2D eigenvalue weighted by atomic mass is 10.1. The molecule has 0 aliphatic carbocycles. The van der Waals surface area contributed by atoms with Gasteiger partial charge in [-0.3, -0.25) is 4.79 Å². The van der Waals surface area contributed by atoms with Crippen molar-refractivity contribution >= 4 is 34.1 Å². The smallest absolute Gasteiger partial charge is 0.255 e. The molecule has 1 amide bonds. The molecule has 0 spiro atoms. The fraction of sp³-hybridized carbons (Fsp3) is 0. The molecule has 3 nitrogen and oxygen atoms in total. The van der Waals surface area contributed by atoms with Gasteiger partial charge in [0.05, 0.1) is 5.69 Å². The number of carbonyl (C=O) groups is 1. The molecule has 0 aliphatic heterocycles. The van der Waals surface area contributed by atoms with Gasteiger partial charge < -0.3 is 10.3 Å². The van der Waals surface area contributed by atoms with Gasteiger partial charge in [-0.05, 0) is 42.5 Å². The predicted molar refractivity (Wildman–Crippen MR) is 103 cm³/mol. The fourth-order valence-electron chi connectivity index (χ4n) is 2.86. The lowest BCUT2D eigenvalue weighted by Gasteiger charge is -2.10. The van der Waals surface area contributed by atoms with Crippen LogP contribution in [0.1, 0.15) is 10.4 Å². The van der Waals surface area contributed by atoms with E-state index in [-0.39, 0.29) is 5.91 Å². The Morgan fingerprint density at radius 3 is 2.48 bits per heavy atom. The highest BCUT2D eigenvalue weighted by atomic mass is 35.5. The molecule has 1 aromatic heterocycles. The molecule has 4 rings (SSSR count). The van der Waals surface area contributed by atoms with Gasteiger partial charge >= 0.3 is 0 Å². The first-order valence-corrected chi connectivity index (χ1v) is 8.32. The maximum absolute atomic E-state index is 12.5. The number of benzene rings is 3. The second-order valence-electron chi connectivity index (χ2n) is 5.78. The van der Waals surface area contributed by atoms with Gasteiger partial charge in [0, 0.05) is 32.7 Å². The molecule has 3 aromatic carbocycles. The third-order valence-electron chi connectivity index (χ3n) is 4.08. The zero-order valence-electron chi connectivity index (χ0n) is 13.3. The van der Waals surface area contributed by atoms with Crippen LogP contribution < -0.4 is 5.32 Å². The van der Waals surface area contributed by atoms with E-state index < -0.39 is 0 Å². The summed E-state index contributed by atoms with van der Waals surface area (Å²) in [6.07, 6.45) is 0. The first kappa shape index (κ1) is 15.5. The summed E-state index contributed by atoms with van der Waals surface area (Å²) < 4.78 is 0. The SMILES string of the molecule is O=C(Nc1ccccc1-c1cc2cc(Cl)ccc2[nH]1)c1ccccc1. The second kappa shape index (κ2) is 6.46. The van der Waals surface area contributed by atoms with Crippen LogP contribution in [-0.2, 0) is 0 Å². The summed E-state index contributed by atoms with van der Waals surface area (Å²) in [5.41, 5.74) is 4.25. The summed E-state index contributed by atoms with van der Waals surface area (Å²) in [5.74, 6) is -0.132. The number of fused-ring (bicyclic) bond motifs is 1. The van der Waals surface area contributed by atoms with E-state index in [4.69, 9.17) is 11.6 Å². The van der Waals surface area contributed by atoms with E-state index in [0.717, 1.165) is 27.8 Å². The van der Waals surface area contributed by atoms with Crippen molar-refractivity contribution in [1.82, 2.24) is 4.98 Å². The van der Waals surface area contributed by atoms with Crippen molar-refractivity contribution in [3.63, 3.8) is 0 Å². The van der Waals surface area contributed by atoms with Gasteiger partial charge in [-0.2, -0.15) is 0 Å². The molecule has 0 aliphatic rings. The molecule has 0 unspecified atom stereocenters. The number of para-hydroxylation sites is 1. The van der Waals surface area contributed by atoms with Crippen molar-refractivity contribution in [1.29, 1.82) is 0 Å². The van der Waals surface area contributed by atoms with Crippen LogP contribution in [0.15, 0.2) is 78.9 Å². The summed E-state index contributed by atoms with van der Waals surface area (Å²) in [4.78, 5) is 15.9. The van der Waals surface area contributed by atoms with Gasteiger partial charge in [0.25, 0.3) is 5.91 Å². The van der Waals surface area contributed by atoms with Gasteiger partial charge in [-0.1, -0.05) is 48.0 Å². The first-order valence-electron chi connectivity index (χ1n) is 7.95. The molecule has 2 N–H and O–H groups in total. The van der Waals surface area contributed by atoms with Crippen LogP contribution in [-0.4, -0.2) is 10.9 Å². The van der Waals surface area contributed by atoms with Crippen molar-refractivity contribution in [2.24, 2.45) is 0 Å². The van der Waals surface area contributed by atoms with E-state index in [2.05, 4.69) is 10.3 Å². The molecule has 1 heterocycles. The lowest BCUT2D eigenvalue weighted by Crippen LogP contribution is -2.12. The number of halogens is 1. The molecule has 4 aromatic rings. The number of aromatic nitrogens is 1. The lowest BCUT2D eigenvalue weighted by molar-refractivity contribution is 0.102. The van der Waals surface area contributed by atoms with Gasteiger partial charge in [0.1, 0.15) is 0 Å². The Hall–Kier alpha value is -3.04. The molecule has 0 bridgehead atoms. The maximum atomic E-state index is 12.5. The number of nitrogens with one attached hydrogen (secondary N) is 2. The normalized spacial score (nSPS) is 10.8. The van der Waals surface area contributed by atoms with E-state index in [0.29, 0.717) is 10.6 Å². The van der Waals surface area contributed by atoms with Crippen LogP contribution >= 0.6 is 11.6 Å². The summed E-state index contributed by atoms with van der Waals surface area (Å²) in [7, 11) is 0. The number of rotatable bonds is 3. The van der Waals surface area contributed by atoms with E-state index in [1.807, 2.05) is 66.7 Å². The van der Waals surface area contributed by atoms with Crippen molar-refractivity contribution in [2.45, 2.75) is 0 Å². The minimum absolute atomic E-state index is 0.132. The molecular formula is C21H15ClN2O. The Labute approximate surface area is 150 Å². The molecule has 122 valence electrons. The minimum atomic E-state index is -0.132. The Kier molecular flexibility index (Phi) is 4.00. The maximum Gasteiger partial charge on any atom is 0.255 e. The number of amides is 1. The topological polar surface area (TPSA) is 44.9 Å². The second-order valence-corrected chi connectivity index (χ2v) is 6.22. The van der Waals surface area contributed by atoms with E-state index in [1.54, 1.807) is 12.1 Å². The predicted octanol–water partition coefficient (Wildman–Crippen LogP) is 5.74. The summed E-state index contributed by atoms with van der Waals surface area (Å²) in [6.45, 7) is 0. The number of hydrogen-bond donors (Lipinski definition) is 2. The first-order chi connectivity index (χ1) is 12.2. The van der Waals surface area contributed by atoms with Crippen LogP contribution in [0.5, 0.6) is 0 Å². The monoisotopic (exact) mass is 346 g/mol. The van der Waals surface area contributed by atoms with Gasteiger partial charge in [-0.25, -0.2) is 0 Å². The van der Waals surface area contributed by atoms with Crippen LogP contribution in [0.4, 0.5) is 5.69 Å². The van der Waals surface area contributed by atoms with Gasteiger partial charge in [0.2, 0.25) is 0 Å². The average Bonchev–Trinajstić information content (AvgIpc) is 3.06. The molecule has 0 atom stereocenters. The highest BCUT2D eigenvalue weighted by molar-refractivity contribution is 6.31. The Morgan fingerprint density at radius 2 is 1.64 bits per heavy atom. The van der Waals surface area contributed by atoms with E-state index in [9.17, 15) is 4.79 Å². The van der Waals surface area contributed by atoms with Crippen molar-refractivity contribution in [3.8, 4) is 11.3 Å². The number of hydrogen-bond acceptors (Lipinski definition) is 1. The Bertz CT molecular complexity index is 1050. The van der Waals surface area contributed by atoms with Crippen molar-refractivity contribution in [2.75, 3.05) is 5.32 Å². The summed E-state index contributed by atoms with van der Waals surface area (Å²) in [5, 5.41) is 4.73. The third kappa shape index (κ3) is 3.14. The van der Waals surface area contributed by atoms with E-state index in [1.165, 1.54) is 0 Å². The molecule has 0 radical (unpaired) electrons. The standard InChI is InChI=1S/C21H15ClN2O/c22-16-10-11-18-15(12-16)13-20(23-18)17-8-4-5-9-19(17)24-21(25)14-6-2-1-3-7-14/h1-13,23H,(H,24,25). The van der Waals surface area contributed by atoms with Crippen LogP contribution in [0.25, 0.3) is 22.2 Å². The number of carbonyl (C=O) groups excluding carboxylic acids is 1. The highest BCUT2D eigenvalue weighted by Crippen LogP contribution is 2.31. The molecule has 25 heavy (non-hydrogen) atoms. The molecule has 0 fully saturated rings. The molecule has 0 saturated carbocycles. The summed E-state index contributed by atoms with van der Waals surface area (Å²) >= 11 is 6.07. The van der Waals surface area contributed by atoms with Crippen molar-refractivity contribution in [3.05, 3.63) is 89.4 Å². The summed E-state index contributed by atoms with van der Waals surface area (Å²) in [6, 6.07) is 24.7. The van der Waals surface area contributed by atoms with Gasteiger partial charge in [-0.15, -0.1) is 0 Å². The Balaban J connectivity index is 1.72. The largest absolute Gasteiger partial charge is 0.354 e. The number of anilines is 1. The third-order valence-corrected chi connectivity index (χ3v) is 4.32.